The third-order valence-corrected chi connectivity index (χ3v) is 5.22. The van der Waals surface area contributed by atoms with E-state index in [4.69, 9.17) is 15.2 Å². The first-order chi connectivity index (χ1) is 14.4. The van der Waals surface area contributed by atoms with Gasteiger partial charge in [0.2, 0.25) is 5.91 Å². The van der Waals surface area contributed by atoms with Crippen molar-refractivity contribution in [2.24, 2.45) is 11.7 Å². The van der Waals surface area contributed by atoms with Crippen LogP contribution >= 0.6 is 0 Å². The molecule has 1 saturated heterocycles. The van der Waals surface area contributed by atoms with E-state index in [2.05, 4.69) is 16.0 Å². The molecule has 5 atom stereocenters. The average Bonchev–Trinajstić information content (AvgIpc) is 2.71. The molecule has 178 valence electrons. The van der Waals surface area contributed by atoms with Gasteiger partial charge >= 0.3 is 0 Å². The average molecular weight is 433 g/mol. The lowest BCUT2D eigenvalue weighted by Crippen LogP contribution is -2.59. The summed E-state index contributed by atoms with van der Waals surface area (Å²) < 4.78 is 11.3. The van der Waals surface area contributed by atoms with Gasteiger partial charge < -0.3 is 41.4 Å². The zero-order valence-corrected chi connectivity index (χ0v) is 18.9. The first-order valence-corrected chi connectivity index (χ1v) is 11.5. The summed E-state index contributed by atoms with van der Waals surface area (Å²) in [5.41, 5.74) is 5.45. The van der Waals surface area contributed by atoms with Crippen LogP contribution in [-0.4, -0.2) is 86.1 Å². The van der Waals surface area contributed by atoms with E-state index in [9.17, 15) is 15.0 Å². The van der Waals surface area contributed by atoms with Gasteiger partial charge in [-0.2, -0.15) is 0 Å². The van der Waals surface area contributed by atoms with Gasteiger partial charge in [0, 0.05) is 12.5 Å². The van der Waals surface area contributed by atoms with Gasteiger partial charge in [-0.3, -0.25) is 4.79 Å². The Morgan fingerprint density at radius 3 is 2.17 bits per heavy atom. The van der Waals surface area contributed by atoms with Gasteiger partial charge in [-0.1, -0.05) is 6.92 Å². The minimum Gasteiger partial charge on any atom is -0.390 e. The van der Waals surface area contributed by atoms with E-state index in [0.717, 1.165) is 58.4 Å². The summed E-state index contributed by atoms with van der Waals surface area (Å²) in [4.78, 5) is 12.6. The first kappa shape index (κ1) is 27.2. The van der Waals surface area contributed by atoms with Crippen molar-refractivity contribution in [2.75, 3.05) is 39.3 Å². The summed E-state index contributed by atoms with van der Waals surface area (Å²) in [7, 11) is 0. The molecule has 1 amide bonds. The number of amides is 1. The molecule has 30 heavy (non-hydrogen) atoms. The molecular weight excluding hydrogens is 388 g/mol. The van der Waals surface area contributed by atoms with Crippen molar-refractivity contribution in [3.63, 3.8) is 0 Å². The van der Waals surface area contributed by atoms with Crippen LogP contribution in [0.3, 0.4) is 0 Å². The number of nitrogens with two attached hydrogens (primary N) is 1. The predicted octanol–water partition coefficient (Wildman–Crippen LogP) is -0.301. The highest BCUT2D eigenvalue weighted by Crippen LogP contribution is 2.30. The number of unbranched alkanes of at least 4 members (excludes halogenated alkanes) is 1. The molecule has 1 fully saturated rings. The zero-order chi connectivity index (χ0) is 22.4. The predicted molar refractivity (Wildman–Crippen MR) is 117 cm³/mol. The molecule has 0 aromatic rings. The summed E-state index contributed by atoms with van der Waals surface area (Å²) in [6, 6.07) is 0. The van der Waals surface area contributed by atoms with Gasteiger partial charge in [0.1, 0.15) is 12.2 Å². The van der Waals surface area contributed by atoms with Crippen molar-refractivity contribution in [1.82, 2.24) is 16.0 Å². The Morgan fingerprint density at radius 2 is 1.60 bits per heavy atom. The van der Waals surface area contributed by atoms with Gasteiger partial charge in [0.05, 0.1) is 12.2 Å². The largest absolute Gasteiger partial charge is 0.390 e. The fourth-order valence-corrected chi connectivity index (χ4v) is 3.51. The summed E-state index contributed by atoms with van der Waals surface area (Å²) in [6.07, 6.45) is 0.311. The lowest BCUT2D eigenvalue weighted by atomic mass is 9.86. The number of carbonyl (C=O) groups excluding carboxylic acids is 1. The standard InChI is InChI=1S/C21H44N4O5/c1-4-16-17(26)18(27)21(29-15(2)3)30-19(16)20(28)25-14-8-13-24-11-6-5-10-23-12-7-9-22/h15-19,21,23-24,26-27H,4-14,22H2,1-3H3,(H,25,28). The highest BCUT2D eigenvalue weighted by molar-refractivity contribution is 5.81. The smallest absolute Gasteiger partial charge is 0.249 e. The second kappa shape index (κ2) is 15.9. The Kier molecular flexibility index (Phi) is 14.4. The van der Waals surface area contributed by atoms with Crippen LogP contribution in [0.15, 0.2) is 0 Å². The Labute approximate surface area is 181 Å². The number of rotatable bonds is 16. The normalized spacial score (nSPS) is 26.8. The van der Waals surface area contributed by atoms with E-state index in [0.29, 0.717) is 13.0 Å². The lowest BCUT2D eigenvalue weighted by molar-refractivity contribution is -0.289. The Bertz CT molecular complexity index is 455. The van der Waals surface area contributed by atoms with Crippen LogP contribution in [0.1, 0.15) is 52.9 Å². The number of aliphatic hydroxyl groups excluding tert-OH is 2. The maximum atomic E-state index is 12.6. The second-order valence-electron chi connectivity index (χ2n) is 8.16. The summed E-state index contributed by atoms with van der Waals surface area (Å²) in [5, 5.41) is 30.3. The molecule has 1 heterocycles. The molecule has 7 N–H and O–H groups in total. The van der Waals surface area contributed by atoms with Crippen molar-refractivity contribution >= 4 is 5.91 Å². The molecule has 0 spiro atoms. The number of hydrogen-bond donors (Lipinski definition) is 6. The fourth-order valence-electron chi connectivity index (χ4n) is 3.51. The molecule has 0 aromatic carbocycles. The molecule has 1 aliphatic rings. The van der Waals surface area contributed by atoms with Crippen LogP contribution in [0.5, 0.6) is 0 Å². The van der Waals surface area contributed by atoms with Crippen LogP contribution in [0.2, 0.25) is 0 Å². The first-order valence-electron chi connectivity index (χ1n) is 11.5. The third-order valence-electron chi connectivity index (χ3n) is 5.22. The van der Waals surface area contributed by atoms with E-state index in [1.165, 1.54) is 0 Å². The number of aliphatic hydroxyl groups is 2. The van der Waals surface area contributed by atoms with Crippen LogP contribution in [0.25, 0.3) is 0 Å². The van der Waals surface area contributed by atoms with Crippen molar-refractivity contribution in [2.45, 2.75) is 83.6 Å². The highest BCUT2D eigenvalue weighted by atomic mass is 16.7. The lowest BCUT2D eigenvalue weighted by Gasteiger charge is -2.42. The van der Waals surface area contributed by atoms with Crippen LogP contribution in [0, 0.1) is 5.92 Å². The summed E-state index contributed by atoms with van der Waals surface area (Å²) >= 11 is 0. The second-order valence-corrected chi connectivity index (χ2v) is 8.16. The van der Waals surface area contributed by atoms with Gasteiger partial charge in [0.25, 0.3) is 0 Å². The van der Waals surface area contributed by atoms with Gasteiger partial charge in [-0.25, -0.2) is 0 Å². The molecule has 9 heteroatoms. The van der Waals surface area contributed by atoms with Gasteiger partial charge in [-0.15, -0.1) is 0 Å². The molecule has 1 rings (SSSR count). The van der Waals surface area contributed by atoms with E-state index < -0.39 is 30.5 Å². The van der Waals surface area contributed by atoms with Crippen LogP contribution in [0.4, 0.5) is 0 Å². The van der Waals surface area contributed by atoms with Crippen molar-refractivity contribution in [1.29, 1.82) is 0 Å². The molecular formula is C21H44N4O5. The van der Waals surface area contributed by atoms with Crippen molar-refractivity contribution in [3.8, 4) is 0 Å². The molecule has 0 saturated carbocycles. The van der Waals surface area contributed by atoms with Crippen molar-refractivity contribution in [3.05, 3.63) is 0 Å². The quantitative estimate of drug-likeness (QED) is 0.183. The van der Waals surface area contributed by atoms with E-state index in [1.54, 1.807) is 0 Å². The molecule has 5 unspecified atom stereocenters. The molecule has 0 radical (unpaired) electrons. The number of carbonyl (C=O) groups is 1. The van der Waals surface area contributed by atoms with E-state index >= 15 is 0 Å². The fraction of sp³-hybridized carbons (Fsp3) is 0.952. The Balaban J connectivity index is 2.23. The Morgan fingerprint density at radius 1 is 1.00 bits per heavy atom. The summed E-state index contributed by atoms with van der Waals surface area (Å²) in [6.45, 7) is 10.5. The minimum atomic E-state index is -1.17. The number of hydrogen-bond acceptors (Lipinski definition) is 8. The van der Waals surface area contributed by atoms with E-state index in [-0.39, 0.29) is 12.0 Å². The minimum absolute atomic E-state index is 0.188. The van der Waals surface area contributed by atoms with Crippen LogP contribution in [-0.2, 0) is 14.3 Å². The zero-order valence-electron chi connectivity index (χ0n) is 18.9. The molecule has 0 aromatic heterocycles. The van der Waals surface area contributed by atoms with Crippen molar-refractivity contribution < 1.29 is 24.5 Å². The number of ether oxygens (including phenoxy) is 2. The molecule has 0 aliphatic carbocycles. The highest BCUT2D eigenvalue weighted by Gasteiger charge is 2.47. The maximum absolute atomic E-state index is 12.6. The van der Waals surface area contributed by atoms with Crippen LogP contribution < -0.4 is 21.7 Å². The monoisotopic (exact) mass is 432 g/mol. The van der Waals surface area contributed by atoms with E-state index in [1.807, 2.05) is 20.8 Å². The van der Waals surface area contributed by atoms with Gasteiger partial charge in [0.15, 0.2) is 6.29 Å². The van der Waals surface area contributed by atoms with Gasteiger partial charge in [-0.05, 0) is 78.7 Å². The third kappa shape index (κ3) is 10.00. The molecule has 0 bridgehead atoms. The molecule has 9 nitrogen and oxygen atoms in total. The Hall–Kier alpha value is -0.810. The topological polar surface area (TPSA) is 138 Å². The summed E-state index contributed by atoms with van der Waals surface area (Å²) in [5.74, 6) is -0.739. The maximum Gasteiger partial charge on any atom is 0.249 e. The number of nitrogens with one attached hydrogen (secondary N) is 3. The molecule has 1 aliphatic heterocycles. The SMILES string of the molecule is CCC1C(C(=O)NCCCNCCCCNCCCN)OC(OC(C)C)C(O)C1O.